The Labute approximate surface area is 163 Å². The lowest BCUT2D eigenvalue weighted by Gasteiger charge is -2.13. The predicted octanol–water partition coefficient (Wildman–Crippen LogP) is 5.27. The van der Waals surface area contributed by atoms with Crippen molar-refractivity contribution in [3.63, 3.8) is 0 Å². The van der Waals surface area contributed by atoms with Crippen LogP contribution in [0.25, 0.3) is 10.9 Å². The molecule has 2 heterocycles. The number of para-hydroxylation sites is 1. The zero-order valence-electron chi connectivity index (χ0n) is 15.8. The normalized spacial score (nSPS) is 11.0. The lowest BCUT2D eigenvalue weighted by atomic mass is 10.0. The van der Waals surface area contributed by atoms with E-state index in [0.717, 1.165) is 16.6 Å². The summed E-state index contributed by atoms with van der Waals surface area (Å²) in [7, 11) is 0. The molecule has 4 aromatic rings. The SMILES string of the molecule is CC(C)c1ccc(Nc2ncnc(Oc3cccc4cccnc34)c2N)cc1. The highest BCUT2D eigenvalue weighted by atomic mass is 16.5. The zero-order valence-corrected chi connectivity index (χ0v) is 15.8. The molecule has 0 fully saturated rings. The number of anilines is 3. The van der Waals surface area contributed by atoms with E-state index < -0.39 is 0 Å². The first kappa shape index (κ1) is 17.7. The maximum atomic E-state index is 6.27. The summed E-state index contributed by atoms with van der Waals surface area (Å²) in [6.45, 7) is 4.33. The highest BCUT2D eigenvalue weighted by molar-refractivity contribution is 5.84. The van der Waals surface area contributed by atoms with Crippen molar-refractivity contribution in [2.45, 2.75) is 19.8 Å². The predicted molar refractivity (Wildman–Crippen MR) is 112 cm³/mol. The molecule has 0 aliphatic heterocycles. The minimum Gasteiger partial charge on any atom is -0.435 e. The average molecular weight is 371 g/mol. The van der Waals surface area contributed by atoms with Gasteiger partial charge in [-0.15, -0.1) is 0 Å². The molecule has 0 amide bonds. The summed E-state index contributed by atoms with van der Waals surface area (Å²) in [5.41, 5.74) is 9.52. The van der Waals surface area contributed by atoms with Gasteiger partial charge < -0.3 is 15.8 Å². The molecule has 0 aliphatic carbocycles. The van der Waals surface area contributed by atoms with Crippen molar-refractivity contribution in [2.24, 2.45) is 0 Å². The molecule has 0 saturated heterocycles. The molecule has 4 rings (SSSR count). The topological polar surface area (TPSA) is 86.0 Å². The molecular formula is C22H21N5O. The average Bonchev–Trinajstić information content (AvgIpc) is 2.71. The summed E-state index contributed by atoms with van der Waals surface area (Å²) in [4.78, 5) is 12.8. The Morgan fingerprint density at radius 3 is 2.50 bits per heavy atom. The fraction of sp³-hybridized carbons (Fsp3) is 0.136. The van der Waals surface area contributed by atoms with Crippen LogP contribution in [0.5, 0.6) is 11.6 Å². The summed E-state index contributed by atoms with van der Waals surface area (Å²) in [5, 5.41) is 4.21. The molecule has 0 radical (unpaired) electrons. The number of benzene rings is 2. The summed E-state index contributed by atoms with van der Waals surface area (Å²) in [5.74, 6) is 1.85. The third-order valence-electron chi connectivity index (χ3n) is 4.49. The van der Waals surface area contributed by atoms with Crippen molar-refractivity contribution in [3.05, 3.63) is 72.7 Å². The molecule has 0 spiro atoms. The number of nitrogens with one attached hydrogen (secondary N) is 1. The van der Waals surface area contributed by atoms with Gasteiger partial charge in [-0.3, -0.25) is 4.98 Å². The first-order valence-corrected chi connectivity index (χ1v) is 9.11. The van der Waals surface area contributed by atoms with Crippen LogP contribution in [0.15, 0.2) is 67.1 Å². The number of ether oxygens (including phenoxy) is 1. The van der Waals surface area contributed by atoms with Gasteiger partial charge in [0.2, 0.25) is 5.88 Å². The molecule has 0 bridgehead atoms. The smallest absolute Gasteiger partial charge is 0.248 e. The van der Waals surface area contributed by atoms with Crippen LogP contribution in [0.1, 0.15) is 25.3 Å². The van der Waals surface area contributed by atoms with Crippen molar-refractivity contribution in [1.29, 1.82) is 0 Å². The fourth-order valence-electron chi connectivity index (χ4n) is 2.91. The van der Waals surface area contributed by atoms with Gasteiger partial charge in [0.25, 0.3) is 0 Å². The largest absolute Gasteiger partial charge is 0.435 e. The minimum atomic E-state index is 0.287. The summed E-state index contributed by atoms with van der Waals surface area (Å²) >= 11 is 0. The van der Waals surface area contributed by atoms with Gasteiger partial charge in [-0.05, 0) is 35.7 Å². The van der Waals surface area contributed by atoms with Gasteiger partial charge >= 0.3 is 0 Å². The quantitative estimate of drug-likeness (QED) is 0.497. The van der Waals surface area contributed by atoms with E-state index in [1.807, 2.05) is 42.5 Å². The van der Waals surface area contributed by atoms with Gasteiger partial charge in [0.15, 0.2) is 11.6 Å². The Morgan fingerprint density at radius 1 is 0.929 bits per heavy atom. The van der Waals surface area contributed by atoms with Crippen LogP contribution < -0.4 is 15.8 Å². The molecule has 2 aromatic heterocycles. The number of nitrogen functional groups attached to an aromatic ring is 1. The number of hydrogen-bond acceptors (Lipinski definition) is 6. The molecule has 0 unspecified atom stereocenters. The fourth-order valence-corrected chi connectivity index (χ4v) is 2.91. The Kier molecular flexibility index (Phi) is 4.76. The minimum absolute atomic E-state index is 0.287. The van der Waals surface area contributed by atoms with E-state index in [1.54, 1.807) is 6.20 Å². The van der Waals surface area contributed by atoms with E-state index in [1.165, 1.54) is 11.9 Å². The second kappa shape index (κ2) is 7.52. The maximum Gasteiger partial charge on any atom is 0.248 e. The molecule has 140 valence electrons. The number of pyridine rings is 1. The molecule has 2 aromatic carbocycles. The van der Waals surface area contributed by atoms with E-state index in [-0.39, 0.29) is 5.88 Å². The van der Waals surface area contributed by atoms with Crippen molar-refractivity contribution in [2.75, 3.05) is 11.1 Å². The van der Waals surface area contributed by atoms with E-state index >= 15 is 0 Å². The van der Waals surface area contributed by atoms with Gasteiger partial charge in [-0.1, -0.05) is 44.2 Å². The maximum absolute atomic E-state index is 6.27. The molecule has 0 aliphatic rings. The first-order valence-electron chi connectivity index (χ1n) is 9.11. The van der Waals surface area contributed by atoms with Crippen molar-refractivity contribution in [1.82, 2.24) is 15.0 Å². The van der Waals surface area contributed by atoms with Gasteiger partial charge in [-0.25, -0.2) is 4.98 Å². The number of aromatic nitrogens is 3. The number of hydrogen-bond donors (Lipinski definition) is 2. The van der Waals surface area contributed by atoms with E-state index in [4.69, 9.17) is 10.5 Å². The Morgan fingerprint density at radius 2 is 1.71 bits per heavy atom. The van der Waals surface area contributed by atoms with Crippen molar-refractivity contribution in [3.8, 4) is 11.6 Å². The number of rotatable bonds is 5. The molecule has 3 N–H and O–H groups in total. The standard InChI is InChI=1S/C22H21N5O/c1-14(2)15-8-10-17(11-9-15)27-21-19(23)22(26-13-25-21)28-18-7-3-5-16-6-4-12-24-20(16)18/h3-14H,23H2,1-2H3,(H,25,26,27). The second-order valence-electron chi connectivity index (χ2n) is 6.78. The number of nitrogens with two attached hydrogens (primary N) is 1. The van der Waals surface area contributed by atoms with Crippen molar-refractivity contribution < 1.29 is 4.74 Å². The summed E-state index contributed by atoms with van der Waals surface area (Å²) < 4.78 is 5.97. The van der Waals surface area contributed by atoms with Gasteiger partial charge in [0.1, 0.15) is 17.5 Å². The van der Waals surface area contributed by atoms with Crippen LogP contribution >= 0.6 is 0 Å². The van der Waals surface area contributed by atoms with Gasteiger partial charge in [0, 0.05) is 17.3 Å². The summed E-state index contributed by atoms with van der Waals surface area (Å²) in [6.07, 6.45) is 3.15. The first-order chi connectivity index (χ1) is 13.6. The Bertz CT molecular complexity index is 1100. The van der Waals surface area contributed by atoms with Crippen LogP contribution in [-0.2, 0) is 0 Å². The highest BCUT2D eigenvalue weighted by Crippen LogP contribution is 2.33. The molecule has 6 nitrogen and oxygen atoms in total. The lowest BCUT2D eigenvalue weighted by molar-refractivity contribution is 0.469. The van der Waals surface area contributed by atoms with E-state index in [2.05, 4.69) is 46.2 Å². The second-order valence-corrected chi connectivity index (χ2v) is 6.78. The third-order valence-corrected chi connectivity index (χ3v) is 4.49. The third kappa shape index (κ3) is 3.57. The Hall–Kier alpha value is -3.67. The van der Waals surface area contributed by atoms with Crippen molar-refractivity contribution >= 4 is 28.1 Å². The summed E-state index contributed by atoms with van der Waals surface area (Å²) in [6, 6.07) is 17.8. The van der Waals surface area contributed by atoms with Crippen LogP contribution in [0.2, 0.25) is 0 Å². The number of fused-ring (bicyclic) bond motifs is 1. The van der Waals surface area contributed by atoms with Crippen LogP contribution in [0, 0.1) is 0 Å². The van der Waals surface area contributed by atoms with Gasteiger partial charge in [-0.2, -0.15) is 4.98 Å². The molecule has 0 saturated carbocycles. The van der Waals surface area contributed by atoms with Gasteiger partial charge in [0.05, 0.1) is 0 Å². The highest BCUT2D eigenvalue weighted by Gasteiger charge is 2.13. The van der Waals surface area contributed by atoms with Crippen LogP contribution in [0.3, 0.4) is 0 Å². The van der Waals surface area contributed by atoms with Crippen LogP contribution in [-0.4, -0.2) is 15.0 Å². The van der Waals surface area contributed by atoms with E-state index in [0.29, 0.717) is 23.2 Å². The monoisotopic (exact) mass is 371 g/mol. The van der Waals surface area contributed by atoms with Crippen LogP contribution in [0.4, 0.5) is 17.2 Å². The molecule has 28 heavy (non-hydrogen) atoms. The molecular weight excluding hydrogens is 350 g/mol. The van der Waals surface area contributed by atoms with E-state index in [9.17, 15) is 0 Å². The molecule has 0 atom stereocenters. The Balaban J connectivity index is 1.61. The lowest BCUT2D eigenvalue weighted by Crippen LogP contribution is -2.03. The zero-order chi connectivity index (χ0) is 19.5. The molecule has 6 heteroatoms. The number of nitrogens with zero attached hydrogens (tertiary/aromatic N) is 3.